The third-order valence-electron chi connectivity index (χ3n) is 3.35. The van der Waals surface area contributed by atoms with Crippen LogP contribution in [0.1, 0.15) is 11.1 Å². The monoisotopic (exact) mass is 244 g/mol. The van der Waals surface area contributed by atoms with Crippen molar-refractivity contribution >= 4 is 10.8 Å². The minimum absolute atomic E-state index is 0.0736. The first-order chi connectivity index (χ1) is 8.59. The maximum Gasteiger partial charge on any atom is 0.169 e. The van der Waals surface area contributed by atoms with Crippen molar-refractivity contribution in [3.8, 4) is 23.0 Å². The molecule has 0 bridgehead atoms. The molecule has 2 aromatic carbocycles. The highest BCUT2D eigenvalue weighted by Gasteiger charge is 2.20. The summed E-state index contributed by atoms with van der Waals surface area (Å²) in [5.74, 6) is -1.08. The van der Waals surface area contributed by atoms with Crippen LogP contribution in [0.25, 0.3) is 10.8 Å². The Morgan fingerprint density at radius 1 is 0.778 bits per heavy atom. The van der Waals surface area contributed by atoms with E-state index in [1.54, 1.807) is 6.07 Å². The molecule has 0 saturated carbocycles. The van der Waals surface area contributed by atoms with Crippen molar-refractivity contribution in [2.45, 2.75) is 12.8 Å². The Morgan fingerprint density at radius 2 is 1.50 bits per heavy atom. The molecule has 0 fully saturated rings. The Bertz CT molecular complexity index is 686. The van der Waals surface area contributed by atoms with E-state index in [4.69, 9.17) is 0 Å². The van der Waals surface area contributed by atoms with Gasteiger partial charge >= 0.3 is 0 Å². The van der Waals surface area contributed by atoms with Crippen LogP contribution in [0, 0.1) is 0 Å². The molecular weight excluding hydrogens is 232 g/mol. The lowest BCUT2D eigenvalue weighted by atomic mass is 9.91. The van der Waals surface area contributed by atoms with Crippen molar-refractivity contribution in [3.63, 3.8) is 0 Å². The largest absolute Gasteiger partial charge is 0.507 e. The molecule has 0 aliphatic heterocycles. The molecular formula is C14H12O4. The zero-order valence-corrected chi connectivity index (χ0v) is 9.51. The van der Waals surface area contributed by atoms with E-state index >= 15 is 0 Å². The van der Waals surface area contributed by atoms with Gasteiger partial charge in [-0.2, -0.15) is 0 Å². The van der Waals surface area contributed by atoms with Crippen molar-refractivity contribution in [2.24, 2.45) is 0 Å². The molecule has 0 heterocycles. The molecule has 0 saturated heterocycles. The van der Waals surface area contributed by atoms with E-state index in [-0.39, 0.29) is 16.9 Å². The van der Waals surface area contributed by atoms with E-state index in [0.29, 0.717) is 18.2 Å². The molecule has 0 spiro atoms. The Balaban J connectivity index is 2.48. The number of benzene rings is 2. The first kappa shape index (κ1) is 10.8. The zero-order valence-electron chi connectivity index (χ0n) is 9.51. The summed E-state index contributed by atoms with van der Waals surface area (Å²) >= 11 is 0. The number of hydrogen-bond donors (Lipinski definition) is 4. The number of phenolic OH excluding ortho intramolecular Hbond substituents is 4. The summed E-state index contributed by atoms with van der Waals surface area (Å²) in [5.41, 5.74) is 1.65. The lowest BCUT2D eigenvalue weighted by Gasteiger charge is -2.16. The van der Waals surface area contributed by atoms with E-state index in [1.807, 2.05) is 12.2 Å². The number of fused-ring (bicyclic) bond motifs is 2. The molecule has 3 rings (SSSR count). The molecule has 4 nitrogen and oxygen atoms in total. The predicted octanol–water partition coefficient (Wildman–Crippen LogP) is 2.32. The minimum atomic E-state index is -0.443. The molecule has 4 heteroatoms. The van der Waals surface area contributed by atoms with Gasteiger partial charge in [0.05, 0.1) is 5.39 Å². The SMILES string of the molecule is Oc1cc(O)c2cc3c(c(O)c2c1O)CC=CC3. The second kappa shape index (κ2) is 3.57. The highest BCUT2D eigenvalue weighted by Crippen LogP contribution is 2.46. The number of phenols is 4. The predicted molar refractivity (Wildman–Crippen MR) is 67.2 cm³/mol. The van der Waals surface area contributed by atoms with Crippen LogP contribution in [0.5, 0.6) is 23.0 Å². The second-order valence-electron chi connectivity index (χ2n) is 4.43. The number of allylic oxidation sites excluding steroid dienone is 2. The third-order valence-corrected chi connectivity index (χ3v) is 3.35. The fraction of sp³-hybridized carbons (Fsp3) is 0.143. The van der Waals surface area contributed by atoms with Crippen molar-refractivity contribution in [1.82, 2.24) is 0 Å². The molecule has 0 unspecified atom stereocenters. The molecule has 0 aromatic heterocycles. The average Bonchev–Trinajstić information content (AvgIpc) is 2.36. The van der Waals surface area contributed by atoms with Gasteiger partial charge < -0.3 is 20.4 Å². The Labute approximate surface area is 103 Å². The maximum atomic E-state index is 10.2. The van der Waals surface area contributed by atoms with E-state index in [1.165, 1.54) is 0 Å². The van der Waals surface area contributed by atoms with Gasteiger partial charge in [-0.3, -0.25) is 0 Å². The summed E-state index contributed by atoms with van der Waals surface area (Å²) in [6, 6.07) is 2.81. The Hall–Kier alpha value is -2.36. The minimum Gasteiger partial charge on any atom is -0.507 e. The lowest BCUT2D eigenvalue weighted by molar-refractivity contribution is 0.399. The molecule has 0 amide bonds. The Morgan fingerprint density at radius 3 is 2.28 bits per heavy atom. The van der Waals surface area contributed by atoms with Gasteiger partial charge in [-0.25, -0.2) is 0 Å². The number of hydrogen-bond acceptors (Lipinski definition) is 4. The van der Waals surface area contributed by atoms with Crippen molar-refractivity contribution in [3.05, 3.63) is 35.4 Å². The third kappa shape index (κ3) is 1.32. The standard InChI is InChI=1S/C14H12O4/c15-10-6-11(16)14(18)12-9(10)5-7-3-1-2-4-8(7)13(12)17/h1-2,5-6,15-18H,3-4H2. The van der Waals surface area contributed by atoms with Gasteiger partial charge in [0.2, 0.25) is 0 Å². The van der Waals surface area contributed by atoms with Crippen molar-refractivity contribution in [2.75, 3.05) is 0 Å². The lowest BCUT2D eigenvalue weighted by Crippen LogP contribution is -1.98. The first-order valence-corrected chi connectivity index (χ1v) is 5.66. The summed E-state index contributed by atoms with van der Waals surface area (Å²) in [6.07, 6.45) is 5.19. The topological polar surface area (TPSA) is 80.9 Å². The van der Waals surface area contributed by atoms with Crippen LogP contribution < -0.4 is 0 Å². The normalized spacial score (nSPS) is 13.8. The molecule has 18 heavy (non-hydrogen) atoms. The van der Waals surface area contributed by atoms with Crippen LogP contribution in [0.3, 0.4) is 0 Å². The van der Waals surface area contributed by atoms with Gasteiger partial charge in [0.15, 0.2) is 11.5 Å². The quantitative estimate of drug-likeness (QED) is 0.326. The smallest absolute Gasteiger partial charge is 0.169 e. The van der Waals surface area contributed by atoms with E-state index < -0.39 is 11.5 Å². The van der Waals surface area contributed by atoms with Gasteiger partial charge in [0.25, 0.3) is 0 Å². The molecule has 0 radical (unpaired) electrons. The van der Waals surface area contributed by atoms with E-state index in [2.05, 4.69) is 0 Å². The average molecular weight is 244 g/mol. The molecule has 92 valence electrons. The summed E-state index contributed by atoms with van der Waals surface area (Å²) < 4.78 is 0. The molecule has 4 N–H and O–H groups in total. The van der Waals surface area contributed by atoms with Gasteiger partial charge in [0, 0.05) is 17.0 Å². The van der Waals surface area contributed by atoms with Gasteiger partial charge in [-0.1, -0.05) is 12.2 Å². The van der Waals surface area contributed by atoms with Gasteiger partial charge in [-0.05, 0) is 24.5 Å². The number of rotatable bonds is 0. The highest BCUT2D eigenvalue weighted by molar-refractivity contribution is 6.00. The van der Waals surface area contributed by atoms with Crippen molar-refractivity contribution < 1.29 is 20.4 Å². The molecule has 2 aromatic rings. The van der Waals surface area contributed by atoms with Crippen LogP contribution in [0.2, 0.25) is 0 Å². The maximum absolute atomic E-state index is 10.2. The van der Waals surface area contributed by atoms with E-state index in [9.17, 15) is 20.4 Å². The summed E-state index contributed by atoms with van der Waals surface area (Å²) in [5, 5.41) is 39.8. The molecule has 0 atom stereocenters. The van der Waals surface area contributed by atoms with Crippen LogP contribution >= 0.6 is 0 Å². The van der Waals surface area contributed by atoms with Crippen LogP contribution in [0.15, 0.2) is 24.3 Å². The second-order valence-corrected chi connectivity index (χ2v) is 4.43. The highest BCUT2D eigenvalue weighted by atomic mass is 16.3. The van der Waals surface area contributed by atoms with E-state index in [0.717, 1.165) is 17.2 Å². The van der Waals surface area contributed by atoms with Crippen LogP contribution in [-0.2, 0) is 12.8 Å². The van der Waals surface area contributed by atoms with Gasteiger partial charge in [0.1, 0.15) is 11.5 Å². The summed E-state index contributed by atoms with van der Waals surface area (Å²) in [4.78, 5) is 0. The fourth-order valence-corrected chi connectivity index (χ4v) is 2.43. The fourth-order valence-electron chi connectivity index (χ4n) is 2.43. The summed E-state index contributed by atoms with van der Waals surface area (Å²) in [7, 11) is 0. The first-order valence-electron chi connectivity index (χ1n) is 5.66. The number of aromatic hydroxyl groups is 4. The van der Waals surface area contributed by atoms with Crippen LogP contribution in [-0.4, -0.2) is 20.4 Å². The van der Waals surface area contributed by atoms with Gasteiger partial charge in [-0.15, -0.1) is 0 Å². The molecule has 1 aliphatic carbocycles. The Kier molecular flexibility index (Phi) is 2.13. The summed E-state index contributed by atoms with van der Waals surface area (Å²) in [6.45, 7) is 0. The van der Waals surface area contributed by atoms with Crippen molar-refractivity contribution in [1.29, 1.82) is 0 Å². The van der Waals surface area contributed by atoms with Crippen LogP contribution in [0.4, 0.5) is 0 Å². The zero-order chi connectivity index (χ0) is 12.9. The molecule has 1 aliphatic rings.